The van der Waals surface area contributed by atoms with E-state index in [0.29, 0.717) is 42.1 Å². The highest BCUT2D eigenvalue weighted by Crippen LogP contribution is 2.53. The molecule has 0 aliphatic carbocycles. The van der Waals surface area contributed by atoms with E-state index in [1.807, 2.05) is 19.9 Å². The van der Waals surface area contributed by atoms with Crippen LogP contribution in [-0.4, -0.2) is 61.0 Å². The summed E-state index contributed by atoms with van der Waals surface area (Å²) in [5.74, 6) is -1.94. The number of para-hydroxylation sites is 1. The molecule has 1 spiro atoms. The maximum absolute atomic E-state index is 14.1. The second kappa shape index (κ2) is 9.92. The third-order valence-corrected chi connectivity index (χ3v) is 6.38. The van der Waals surface area contributed by atoms with Gasteiger partial charge in [-0.25, -0.2) is 0 Å². The molecule has 2 aromatic carbocycles. The van der Waals surface area contributed by atoms with E-state index in [0.717, 1.165) is 6.42 Å². The fourth-order valence-electron chi connectivity index (χ4n) is 4.87. The van der Waals surface area contributed by atoms with Crippen molar-refractivity contribution in [3.8, 4) is 5.75 Å². The molecule has 2 aromatic rings. The van der Waals surface area contributed by atoms with Gasteiger partial charge in [0.05, 0.1) is 24.5 Å². The van der Waals surface area contributed by atoms with Gasteiger partial charge < -0.3 is 24.4 Å². The number of ketones is 1. The van der Waals surface area contributed by atoms with Gasteiger partial charge in [-0.15, -0.1) is 0 Å². The van der Waals surface area contributed by atoms with Crippen LogP contribution in [0.5, 0.6) is 5.75 Å². The maximum atomic E-state index is 14.1. The molecule has 35 heavy (non-hydrogen) atoms. The van der Waals surface area contributed by atoms with Crippen LogP contribution in [0.4, 0.5) is 5.69 Å². The second-order valence-electron chi connectivity index (χ2n) is 8.56. The van der Waals surface area contributed by atoms with E-state index in [2.05, 4.69) is 0 Å². The van der Waals surface area contributed by atoms with Crippen molar-refractivity contribution >= 4 is 29.0 Å². The molecule has 0 bridgehead atoms. The number of fused-ring (bicyclic) bond motifs is 2. The van der Waals surface area contributed by atoms with E-state index >= 15 is 0 Å². The van der Waals surface area contributed by atoms with E-state index in [1.165, 1.54) is 12.0 Å². The van der Waals surface area contributed by atoms with E-state index in [4.69, 9.17) is 9.47 Å². The molecule has 1 N–H and O–H groups in total. The molecule has 2 aliphatic heterocycles. The maximum Gasteiger partial charge on any atom is 0.296 e. The molecule has 2 heterocycles. The largest absolute Gasteiger partial charge is 0.507 e. The number of methoxy groups -OCH3 is 1. The number of rotatable bonds is 9. The topological polar surface area (TPSA) is 96.4 Å². The molecule has 8 heteroatoms. The van der Waals surface area contributed by atoms with Crippen LogP contribution in [0, 0.1) is 0 Å². The Bertz CT molecular complexity index is 1170. The summed E-state index contributed by atoms with van der Waals surface area (Å²) in [5, 5.41) is 11.4. The van der Waals surface area contributed by atoms with Crippen LogP contribution < -0.4 is 9.64 Å². The predicted molar refractivity (Wildman–Crippen MR) is 131 cm³/mol. The van der Waals surface area contributed by atoms with Gasteiger partial charge in [0, 0.05) is 31.3 Å². The van der Waals surface area contributed by atoms with Gasteiger partial charge in [-0.05, 0) is 43.2 Å². The fraction of sp³-hybridized carbons (Fsp3) is 0.370. The number of ether oxygens (including phenoxy) is 2. The number of likely N-dealkylation sites (tertiary alicyclic amines) is 1. The van der Waals surface area contributed by atoms with E-state index < -0.39 is 28.9 Å². The first-order chi connectivity index (χ1) is 16.9. The van der Waals surface area contributed by atoms with Crippen LogP contribution in [0.2, 0.25) is 0 Å². The summed E-state index contributed by atoms with van der Waals surface area (Å²) >= 11 is 0. The van der Waals surface area contributed by atoms with E-state index in [-0.39, 0.29) is 18.7 Å². The van der Waals surface area contributed by atoms with Gasteiger partial charge in [0.25, 0.3) is 17.6 Å². The number of carbonyl (C=O) groups excluding carboxylic acids is 3. The molecule has 0 radical (unpaired) electrons. The zero-order valence-electron chi connectivity index (χ0n) is 20.2. The SMILES string of the molecule is CCCOc1ccc(C(O)=C2C(=O)C(=O)N(CCOC)[C@@]23C(=O)N(CCC)c2ccccc23)cc1. The minimum atomic E-state index is -1.76. The van der Waals surface area contributed by atoms with Gasteiger partial charge in [-0.1, -0.05) is 32.0 Å². The van der Waals surface area contributed by atoms with Gasteiger partial charge in [0.15, 0.2) is 5.54 Å². The van der Waals surface area contributed by atoms with Gasteiger partial charge in [-0.2, -0.15) is 0 Å². The van der Waals surface area contributed by atoms with E-state index in [1.54, 1.807) is 47.4 Å². The lowest BCUT2D eigenvalue weighted by molar-refractivity contribution is -0.144. The van der Waals surface area contributed by atoms with Gasteiger partial charge in [-0.3, -0.25) is 14.4 Å². The van der Waals surface area contributed by atoms with Crippen LogP contribution in [-0.2, 0) is 24.7 Å². The number of aliphatic hydroxyl groups excluding tert-OH is 1. The van der Waals surface area contributed by atoms with Crippen molar-refractivity contribution in [2.75, 3.05) is 38.3 Å². The van der Waals surface area contributed by atoms with Gasteiger partial charge in [0.2, 0.25) is 0 Å². The van der Waals surface area contributed by atoms with Crippen LogP contribution in [0.25, 0.3) is 5.76 Å². The standard InChI is InChI=1S/C27H30N2O6/c1-4-14-28-21-9-7-6-8-20(21)27(26(28)33)22(24(31)25(32)29(27)15-17-34-3)23(30)18-10-12-19(13-11-18)35-16-5-2/h6-13,30H,4-5,14-17H2,1-3H3/t27-/m1/s1. The summed E-state index contributed by atoms with van der Waals surface area (Å²) < 4.78 is 10.8. The lowest BCUT2D eigenvalue weighted by Crippen LogP contribution is -2.52. The van der Waals surface area contributed by atoms with Gasteiger partial charge >= 0.3 is 0 Å². The second-order valence-corrected chi connectivity index (χ2v) is 8.56. The number of hydrogen-bond donors (Lipinski definition) is 1. The first-order valence-electron chi connectivity index (χ1n) is 11.9. The number of anilines is 1. The van der Waals surface area contributed by atoms with Crippen molar-refractivity contribution in [2.45, 2.75) is 32.2 Å². The lowest BCUT2D eigenvalue weighted by Gasteiger charge is -2.34. The first kappa shape index (κ1) is 24.5. The quantitative estimate of drug-likeness (QED) is 0.337. The van der Waals surface area contributed by atoms with Crippen molar-refractivity contribution in [3.63, 3.8) is 0 Å². The number of carbonyl (C=O) groups is 3. The Morgan fingerprint density at radius 3 is 2.31 bits per heavy atom. The molecular weight excluding hydrogens is 448 g/mol. The van der Waals surface area contributed by atoms with Crippen molar-refractivity contribution in [2.24, 2.45) is 0 Å². The molecule has 0 aromatic heterocycles. The summed E-state index contributed by atoms with van der Waals surface area (Å²) in [4.78, 5) is 43.7. The summed E-state index contributed by atoms with van der Waals surface area (Å²) in [6, 6.07) is 13.7. The minimum absolute atomic E-state index is 0.0156. The number of hydrogen-bond acceptors (Lipinski definition) is 6. The van der Waals surface area contributed by atoms with E-state index in [9.17, 15) is 19.5 Å². The zero-order valence-corrected chi connectivity index (χ0v) is 20.2. The fourth-order valence-corrected chi connectivity index (χ4v) is 4.87. The Hall–Kier alpha value is -3.65. The average molecular weight is 479 g/mol. The van der Waals surface area contributed by atoms with Crippen molar-refractivity contribution in [1.29, 1.82) is 0 Å². The summed E-state index contributed by atoms with van der Waals surface area (Å²) in [6.07, 6.45) is 1.53. The Morgan fingerprint density at radius 2 is 1.66 bits per heavy atom. The third kappa shape index (κ3) is 3.78. The Labute approximate surface area is 204 Å². The third-order valence-electron chi connectivity index (χ3n) is 6.38. The van der Waals surface area contributed by atoms with Crippen molar-refractivity contribution < 1.29 is 29.0 Å². The predicted octanol–water partition coefficient (Wildman–Crippen LogP) is 3.45. The molecule has 8 nitrogen and oxygen atoms in total. The molecule has 184 valence electrons. The van der Waals surface area contributed by atoms with Crippen LogP contribution >= 0.6 is 0 Å². The van der Waals surface area contributed by atoms with Crippen molar-refractivity contribution in [3.05, 3.63) is 65.2 Å². The summed E-state index contributed by atoms with van der Waals surface area (Å²) in [5.41, 5.74) is -0.551. The van der Waals surface area contributed by atoms with Crippen LogP contribution in [0.15, 0.2) is 54.1 Å². The zero-order chi connectivity index (χ0) is 25.2. The summed E-state index contributed by atoms with van der Waals surface area (Å²) in [6.45, 7) is 5.06. The smallest absolute Gasteiger partial charge is 0.296 e. The average Bonchev–Trinajstić information content (AvgIpc) is 3.25. The molecular formula is C27H30N2O6. The summed E-state index contributed by atoms with van der Waals surface area (Å²) in [7, 11) is 1.49. The lowest BCUT2D eigenvalue weighted by atomic mass is 9.82. The molecule has 2 amide bonds. The number of amides is 2. The van der Waals surface area contributed by atoms with Crippen molar-refractivity contribution in [1.82, 2.24) is 4.90 Å². The molecule has 0 saturated carbocycles. The Kier molecular flexibility index (Phi) is 6.93. The van der Waals surface area contributed by atoms with Gasteiger partial charge in [0.1, 0.15) is 11.5 Å². The Morgan fingerprint density at radius 1 is 0.943 bits per heavy atom. The molecule has 4 rings (SSSR count). The number of nitrogens with zero attached hydrogens (tertiary/aromatic N) is 2. The first-order valence-corrected chi connectivity index (χ1v) is 11.9. The highest BCUT2D eigenvalue weighted by atomic mass is 16.5. The normalized spacial score (nSPS) is 20.7. The van der Waals surface area contributed by atoms with Crippen LogP contribution in [0.1, 0.15) is 37.8 Å². The number of aliphatic hydroxyl groups is 1. The monoisotopic (exact) mass is 478 g/mol. The van der Waals surface area contributed by atoms with Crippen LogP contribution in [0.3, 0.4) is 0 Å². The molecule has 1 saturated heterocycles. The number of Topliss-reactive ketones (excluding diaryl/α,β-unsaturated/α-hetero) is 1. The molecule has 2 aliphatic rings. The highest BCUT2D eigenvalue weighted by molar-refractivity contribution is 6.50. The number of benzene rings is 2. The molecule has 1 fully saturated rings. The highest BCUT2D eigenvalue weighted by Gasteiger charge is 2.66. The Balaban J connectivity index is 1.95. The molecule has 1 atom stereocenters. The minimum Gasteiger partial charge on any atom is -0.507 e. The molecule has 0 unspecified atom stereocenters.